The molecule has 1 rings (SSSR count). The number of rotatable bonds is 15. The first-order chi connectivity index (χ1) is 12.2. The normalized spacial score (nSPS) is 16.5. The molecular formula is C21H38NNaO3. The summed E-state index contributed by atoms with van der Waals surface area (Å²) in [6.45, 7) is 2.84. The SMILES string of the molecule is CCCCCCCCCCCCCCCC(=O)N1CCC[C@H]1C(=O)[O-].[Na+]. The molecule has 0 aromatic rings. The van der Waals surface area contributed by atoms with Gasteiger partial charge in [-0.25, -0.2) is 0 Å². The summed E-state index contributed by atoms with van der Waals surface area (Å²) < 4.78 is 0. The summed E-state index contributed by atoms with van der Waals surface area (Å²) in [6, 6.07) is -0.686. The van der Waals surface area contributed by atoms with E-state index in [2.05, 4.69) is 6.92 Å². The van der Waals surface area contributed by atoms with Crippen molar-refractivity contribution in [3.63, 3.8) is 0 Å². The van der Waals surface area contributed by atoms with Crippen LogP contribution in [-0.4, -0.2) is 29.4 Å². The van der Waals surface area contributed by atoms with Gasteiger partial charge in [-0.05, 0) is 19.3 Å². The van der Waals surface area contributed by atoms with Crippen molar-refractivity contribution >= 4 is 11.9 Å². The van der Waals surface area contributed by atoms with E-state index < -0.39 is 12.0 Å². The number of hydrogen-bond donors (Lipinski definition) is 0. The zero-order valence-corrected chi connectivity index (χ0v) is 19.3. The first-order valence-corrected chi connectivity index (χ1v) is 10.7. The minimum atomic E-state index is -1.10. The van der Waals surface area contributed by atoms with Crippen LogP contribution in [0.1, 0.15) is 110 Å². The molecule has 1 heterocycles. The van der Waals surface area contributed by atoms with Gasteiger partial charge in [0.1, 0.15) is 0 Å². The largest absolute Gasteiger partial charge is 1.00 e. The second kappa shape index (κ2) is 17.1. The molecule has 4 nitrogen and oxygen atoms in total. The maximum Gasteiger partial charge on any atom is 1.00 e. The maximum atomic E-state index is 12.1. The number of carbonyl (C=O) groups excluding carboxylic acids is 2. The minimum Gasteiger partial charge on any atom is -0.548 e. The molecule has 0 N–H and O–H groups in total. The number of carboxylic acid groups (broad SMARTS) is 1. The molecule has 0 aromatic heterocycles. The fourth-order valence-electron chi connectivity index (χ4n) is 3.75. The summed E-state index contributed by atoms with van der Waals surface area (Å²) in [7, 11) is 0. The van der Waals surface area contributed by atoms with Gasteiger partial charge in [0.05, 0.1) is 12.0 Å². The summed E-state index contributed by atoms with van der Waals surface area (Å²) in [5, 5.41) is 11.0. The Bertz CT molecular complexity index is 376. The number of aliphatic carboxylic acids is 1. The van der Waals surface area contributed by atoms with Crippen molar-refractivity contribution in [3.05, 3.63) is 0 Å². The van der Waals surface area contributed by atoms with Crippen LogP contribution in [0.2, 0.25) is 0 Å². The zero-order valence-electron chi connectivity index (χ0n) is 17.3. The van der Waals surface area contributed by atoms with Crippen molar-refractivity contribution in [2.24, 2.45) is 0 Å². The Morgan fingerprint density at radius 3 is 1.77 bits per heavy atom. The van der Waals surface area contributed by atoms with E-state index in [1.807, 2.05) is 0 Å². The van der Waals surface area contributed by atoms with Crippen molar-refractivity contribution in [1.82, 2.24) is 4.90 Å². The molecular weight excluding hydrogens is 337 g/mol. The fraction of sp³-hybridized carbons (Fsp3) is 0.905. The molecule has 1 aliphatic rings. The van der Waals surface area contributed by atoms with Crippen LogP contribution >= 0.6 is 0 Å². The topological polar surface area (TPSA) is 60.4 Å². The van der Waals surface area contributed by atoms with Gasteiger partial charge in [-0.15, -0.1) is 0 Å². The van der Waals surface area contributed by atoms with Crippen LogP contribution in [-0.2, 0) is 9.59 Å². The number of amides is 1. The number of likely N-dealkylation sites (tertiary alicyclic amines) is 1. The zero-order chi connectivity index (χ0) is 18.3. The summed E-state index contributed by atoms with van der Waals surface area (Å²) in [5.74, 6) is -1.11. The van der Waals surface area contributed by atoms with Crippen LogP contribution in [0.15, 0.2) is 0 Å². The van der Waals surface area contributed by atoms with Gasteiger partial charge in [0.25, 0.3) is 0 Å². The molecule has 26 heavy (non-hydrogen) atoms. The fourth-order valence-corrected chi connectivity index (χ4v) is 3.75. The molecule has 0 saturated carbocycles. The van der Waals surface area contributed by atoms with Crippen molar-refractivity contribution < 1.29 is 44.3 Å². The summed E-state index contributed by atoms with van der Waals surface area (Å²) in [4.78, 5) is 24.6. The second-order valence-corrected chi connectivity index (χ2v) is 7.56. The molecule has 5 heteroatoms. The molecule has 0 unspecified atom stereocenters. The maximum absolute atomic E-state index is 12.1. The number of carboxylic acids is 1. The van der Waals surface area contributed by atoms with E-state index >= 15 is 0 Å². The quantitative estimate of drug-likeness (QED) is 0.319. The summed E-state index contributed by atoms with van der Waals surface area (Å²) >= 11 is 0. The molecule has 146 valence electrons. The van der Waals surface area contributed by atoms with Crippen molar-refractivity contribution in [2.45, 2.75) is 116 Å². The molecule has 1 atom stereocenters. The second-order valence-electron chi connectivity index (χ2n) is 7.56. The predicted octanol–water partition coefficient (Wildman–Crippen LogP) is 1.21. The van der Waals surface area contributed by atoms with Gasteiger partial charge in [0, 0.05) is 13.0 Å². The third-order valence-electron chi connectivity index (χ3n) is 5.34. The Balaban J connectivity index is 0.00000625. The molecule has 1 amide bonds. The Labute approximate surface area is 182 Å². The number of unbranched alkanes of at least 4 members (excludes halogenated alkanes) is 12. The van der Waals surface area contributed by atoms with Crippen LogP contribution in [0.25, 0.3) is 0 Å². The van der Waals surface area contributed by atoms with Gasteiger partial charge >= 0.3 is 29.6 Å². The van der Waals surface area contributed by atoms with Crippen molar-refractivity contribution in [3.8, 4) is 0 Å². The molecule has 0 spiro atoms. The van der Waals surface area contributed by atoms with E-state index in [-0.39, 0.29) is 35.5 Å². The average molecular weight is 376 g/mol. The van der Waals surface area contributed by atoms with Crippen LogP contribution in [0.3, 0.4) is 0 Å². The van der Waals surface area contributed by atoms with Crippen molar-refractivity contribution in [2.75, 3.05) is 6.54 Å². The molecule has 0 bridgehead atoms. The van der Waals surface area contributed by atoms with Crippen LogP contribution in [0.4, 0.5) is 0 Å². The van der Waals surface area contributed by atoms with Gasteiger partial charge in [0.2, 0.25) is 5.91 Å². The van der Waals surface area contributed by atoms with Gasteiger partial charge in [-0.2, -0.15) is 0 Å². The van der Waals surface area contributed by atoms with E-state index in [1.54, 1.807) is 0 Å². The monoisotopic (exact) mass is 375 g/mol. The van der Waals surface area contributed by atoms with Crippen LogP contribution in [0.5, 0.6) is 0 Å². The molecule has 0 aliphatic carbocycles. The van der Waals surface area contributed by atoms with Crippen LogP contribution < -0.4 is 34.7 Å². The van der Waals surface area contributed by atoms with E-state index in [4.69, 9.17) is 0 Å². The Kier molecular flexibility index (Phi) is 17.0. The molecule has 1 fully saturated rings. The van der Waals surface area contributed by atoms with Gasteiger partial charge in [-0.3, -0.25) is 4.79 Å². The number of carbonyl (C=O) groups is 2. The summed E-state index contributed by atoms with van der Waals surface area (Å²) in [5.41, 5.74) is 0. The Morgan fingerprint density at radius 2 is 1.31 bits per heavy atom. The predicted molar refractivity (Wildman–Crippen MR) is 100 cm³/mol. The van der Waals surface area contributed by atoms with E-state index in [0.717, 1.165) is 19.3 Å². The Morgan fingerprint density at radius 1 is 0.846 bits per heavy atom. The average Bonchev–Trinajstić information content (AvgIpc) is 3.09. The smallest absolute Gasteiger partial charge is 0.548 e. The number of hydrogen-bond acceptors (Lipinski definition) is 3. The molecule has 0 aromatic carbocycles. The third kappa shape index (κ3) is 11.6. The van der Waals surface area contributed by atoms with E-state index in [0.29, 0.717) is 19.4 Å². The van der Waals surface area contributed by atoms with Gasteiger partial charge in [-0.1, -0.05) is 84.0 Å². The van der Waals surface area contributed by atoms with Crippen molar-refractivity contribution in [1.29, 1.82) is 0 Å². The van der Waals surface area contributed by atoms with Gasteiger partial charge < -0.3 is 14.8 Å². The van der Waals surface area contributed by atoms with E-state index in [1.165, 1.54) is 75.5 Å². The summed E-state index contributed by atoms with van der Waals surface area (Å²) in [6.07, 6.45) is 18.5. The first kappa shape index (κ1) is 25.9. The van der Waals surface area contributed by atoms with Gasteiger partial charge in [0.15, 0.2) is 0 Å². The minimum absolute atomic E-state index is 0. The Hall–Kier alpha value is -0.0600. The van der Waals surface area contributed by atoms with Crippen LogP contribution in [0, 0.1) is 0 Å². The van der Waals surface area contributed by atoms with E-state index in [9.17, 15) is 14.7 Å². The number of nitrogens with zero attached hydrogens (tertiary/aromatic N) is 1. The standard InChI is InChI=1S/C21H39NO3.Na/c1-2-3-4-5-6-7-8-9-10-11-12-13-14-17-20(23)22-18-15-16-19(22)21(24)25;/h19H,2-18H2,1H3,(H,24,25);/q;+1/p-1/t19-;/m0./s1. The molecule has 0 radical (unpaired) electrons. The molecule has 1 saturated heterocycles. The molecule has 1 aliphatic heterocycles. The first-order valence-electron chi connectivity index (χ1n) is 10.7. The third-order valence-corrected chi connectivity index (χ3v) is 5.34.